The SMILES string of the molecule is COc1ccc(C=N[C@@H]2[C@](O)(C(C)=O)O[C@H](C(O)C(C)=O)[C@](O)(C(C)=O)[C@@]2(O)C(C)=O)cc1. The van der Waals surface area contributed by atoms with E-state index in [1.165, 1.54) is 19.2 Å². The van der Waals surface area contributed by atoms with Gasteiger partial charge in [0.15, 0.2) is 40.4 Å². The first-order valence-corrected chi connectivity index (χ1v) is 9.91. The highest BCUT2D eigenvalue weighted by Gasteiger charge is 2.76. The first-order chi connectivity index (χ1) is 15.2. The Bertz CT molecular complexity index is 989. The van der Waals surface area contributed by atoms with Crippen LogP contribution in [-0.2, 0) is 23.9 Å². The van der Waals surface area contributed by atoms with Crippen molar-refractivity contribution in [1.82, 2.24) is 0 Å². The molecule has 0 spiro atoms. The summed E-state index contributed by atoms with van der Waals surface area (Å²) in [5.41, 5.74) is -6.13. The first-order valence-electron chi connectivity index (χ1n) is 9.91. The Labute approximate surface area is 189 Å². The Morgan fingerprint density at radius 1 is 0.970 bits per heavy atom. The van der Waals surface area contributed by atoms with Gasteiger partial charge in [-0.1, -0.05) is 0 Å². The molecule has 1 aromatic rings. The lowest BCUT2D eigenvalue weighted by Gasteiger charge is -2.56. The smallest absolute Gasteiger partial charge is 0.253 e. The molecule has 1 aliphatic rings. The second-order valence-corrected chi connectivity index (χ2v) is 7.95. The second-order valence-electron chi connectivity index (χ2n) is 7.95. The van der Waals surface area contributed by atoms with Gasteiger partial charge in [0.25, 0.3) is 5.79 Å². The lowest BCUT2D eigenvalue weighted by molar-refractivity contribution is -0.340. The number of hydrogen-bond acceptors (Lipinski definition) is 11. The van der Waals surface area contributed by atoms with Crippen LogP contribution in [0.3, 0.4) is 0 Å². The van der Waals surface area contributed by atoms with E-state index in [-0.39, 0.29) is 0 Å². The highest BCUT2D eigenvalue weighted by molar-refractivity contribution is 6.01. The molecule has 0 aromatic heterocycles. The van der Waals surface area contributed by atoms with E-state index in [4.69, 9.17) is 9.47 Å². The molecule has 180 valence electrons. The molecular weight excluding hydrogens is 438 g/mol. The molecule has 0 radical (unpaired) electrons. The normalized spacial score (nSPS) is 32.9. The summed E-state index contributed by atoms with van der Waals surface area (Å²) in [6, 6.07) is 3.96. The first kappa shape index (κ1) is 26.4. The molecule has 0 aliphatic carbocycles. The number of aliphatic hydroxyl groups is 4. The minimum atomic E-state index is -3.26. The number of carbonyl (C=O) groups is 4. The number of carbonyl (C=O) groups excluding carboxylic acids is 4. The van der Waals surface area contributed by atoms with Gasteiger partial charge in [-0.3, -0.25) is 24.2 Å². The molecule has 6 atom stereocenters. The van der Waals surface area contributed by atoms with Gasteiger partial charge in [-0.05, 0) is 50.6 Å². The molecule has 11 nitrogen and oxygen atoms in total. The van der Waals surface area contributed by atoms with Crippen molar-refractivity contribution < 1.29 is 49.1 Å². The van der Waals surface area contributed by atoms with Crippen molar-refractivity contribution in [3.63, 3.8) is 0 Å². The van der Waals surface area contributed by atoms with Crippen LogP contribution >= 0.6 is 0 Å². The molecule has 33 heavy (non-hydrogen) atoms. The minimum Gasteiger partial charge on any atom is -0.497 e. The molecule has 1 aromatic carbocycles. The van der Waals surface area contributed by atoms with Crippen molar-refractivity contribution in [3.05, 3.63) is 29.8 Å². The molecule has 0 saturated carbocycles. The molecule has 2 rings (SSSR count). The maximum absolute atomic E-state index is 12.7. The van der Waals surface area contributed by atoms with E-state index in [0.717, 1.165) is 33.9 Å². The highest BCUT2D eigenvalue weighted by Crippen LogP contribution is 2.46. The van der Waals surface area contributed by atoms with E-state index < -0.39 is 58.4 Å². The Kier molecular flexibility index (Phi) is 7.36. The van der Waals surface area contributed by atoms with Gasteiger partial charge in [-0.2, -0.15) is 0 Å². The average molecular weight is 465 g/mol. The number of ketones is 4. The Morgan fingerprint density at radius 3 is 1.88 bits per heavy atom. The highest BCUT2D eigenvalue weighted by atomic mass is 16.7. The van der Waals surface area contributed by atoms with E-state index in [1.807, 2.05) is 0 Å². The van der Waals surface area contributed by atoms with Crippen LogP contribution in [0.1, 0.15) is 33.3 Å². The van der Waals surface area contributed by atoms with E-state index in [2.05, 4.69) is 4.99 Å². The molecule has 1 unspecified atom stereocenters. The van der Waals surface area contributed by atoms with Gasteiger partial charge in [0.1, 0.15) is 18.0 Å². The van der Waals surface area contributed by atoms with E-state index in [1.54, 1.807) is 12.1 Å². The van der Waals surface area contributed by atoms with Crippen LogP contribution in [0.2, 0.25) is 0 Å². The number of benzene rings is 1. The summed E-state index contributed by atoms with van der Waals surface area (Å²) in [5, 5.41) is 44.2. The molecule has 1 aliphatic heterocycles. The van der Waals surface area contributed by atoms with Gasteiger partial charge >= 0.3 is 0 Å². The summed E-state index contributed by atoms with van der Waals surface area (Å²) >= 11 is 0. The molecule has 1 heterocycles. The van der Waals surface area contributed by atoms with Crippen LogP contribution in [0.25, 0.3) is 0 Å². The van der Waals surface area contributed by atoms with E-state index in [0.29, 0.717) is 11.3 Å². The Morgan fingerprint density at radius 2 is 1.48 bits per heavy atom. The number of rotatable bonds is 8. The number of aliphatic hydroxyl groups excluding tert-OH is 1. The lowest BCUT2D eigenvalue weighted by atomic mass is 9.63. The number of hydrogen-bond donors (Lipinski definition) is 4. The quantitative estimate of drug-likeness (QED) is 0.339. The van der Waals surface area contributed by atoms with Gasteiger partial charge in [0, 0.05) is 13.1 Å². The predicted octanol–water partition coefficient (Wildman–Crippen LogP) is -1.25. The number of Topliss-reactive ketones (excluding diaryl/α,β-unsaturated/α-hetero) is 4. The summed E-state index contributed by atoms with van der Waals surface area (Å²) in [6.45, 7) is 3.33. The standard InChI is InChI=1S/C22H27NO10/c1-11(24)17(28)18-20(29,12(2)25)21(30,13(3)26)19(22(31,33-18)14(4)27)23-10-15-6-8-16(32-5)9-7-15/h6-10,17-19,28-31H,1-5H3/t17?,18-,19+,20-,21-,22+/m1/s1. The fourth-order valence-electron chi connectivity index (χ4n) is 3.82. The Balaban J connectivity index is 2.79. The van der Waals surface area contributed by atoms with Crippen LogP contribution in [0.15, 0.2) is 29.3 Å². The molecule has 0 bridgehead atoms. The third kappa shape index (κ3) is 4.13. The number of ether oxygens (including phenoxy) is 2. The summed E-state index contributed by atoms with van der Waals surface area (Å²) in [6.07, 6.45) is -3.55. The van der Waals surface area contributed by atoms with Crippen LogP contribution in [-0.4, -0.2) is 92.1 Å². The third-order valence-electron chi connectivity index (χ3n) is 5.84. The predicted molar refractivity (Wildman–Crippen MR) is 113 cm³/mol. The monoisotopic (exact) mass is 465 g/mol. The summed E-state index contributed by atoms with van der Waals surface area (Å²) < 4.78 is 10.3. The van der Waals surface area contributed by atoms with Crippen LogP contribution in [0.4, 0.5) is 0 Å². The molecule has 0 amide bonds. The van der Waals surface area contributed by atoms with Gasteiger partial charge in [-0.15, -0.1) is 0 Å². The van der Waals surface area contributed by atoms with E-state index >= 15 is 0 Å². The van der Waals surface area contributed by atoms with Crippen molar-refractivity contribution in [2.45, 2.75) is 62.9 Å². The summed E-state index contributed by atoms with van der Waals surface area (Å²) in [5.74, 6) is -7.28. The lowest BCUT2D eigenvalue weighted by Crippen LogP contribution is -2.84. The van der Waals surface area contributed by atoms with Gasteiger partial charge in [0.05, 0.1) is 7.11 Å². The van der Waals surface area contributed by atoms with Crippen LogP contribution in [0.5, 0.6) is 5.75 Å². The zero-order chi connectivity index (χ0) is 25.4. The maximum Gasteiger partial charge on any atom is 0.253 e. The average Bonchev–Trinajstić information content (AvgIpc) is 2.75. The summed E-state index contributed by atoms with van der Waals surface area (Å²) in [7, 11) is 1.46. The van der Waals surface area contributed by atoms with E-state index in [9.17, 15) is 39.6 Å². The molecule has 4 N–H and O–H groups in total. The van der Waals surface area contributed by atoms with Crippen LogP contribution in [0, 0.1) is 0 Å². The maximum atomic E-state index is 12.7. The largest absolute Gasteiger partial charge is 0.497 e. The second kappa shape index (κ2) is 9.20. The van der Waals surface area contributed by atoms with Crippen molar-refractivity contribution >= 4 is 29.3 Å². The van der Waals surface area contributed by atoms with Crippen molar-refractivity contribution in [3.8, 4) is 5.75 Å². The fraction of sp³-hybridized carbons (Fsp3) is 0.500. The van der Waals surface area contributed by atoms with Crippen molar-refractivity contribution in [1.29, 1.82) is 0 Å². The molecule has 1 fully saturated rings. The summed E-state index contributed by atoms with van der Waals surface area (Å²) in [4.78, 5) is 53.5. The Hall–Kier alpha value is -2.83. The van der Waals surface area contributed by atoms with Crippen molar-refractivity contribution in [2.75, 3.05) is 7.11 Å². The van der Waals surface area contributed by atoms with Gasteiger partial charge in [0.2, 0.25) is 0 Å². The zero-order valence-electron chi connectivity index (χ0n) is 18.8. The van der Waals surface area contributed by atoms with Gasteiger partial charge in [-0.25, -0.2) is 0 Å². The molecule has 1 saturated heterocycles. The number of nitrogens with zero attached hydrogens (tertiary/aromatic N) is 1. The van der Waals surface area contributed by atoms with Gasteiger partial charge < -0.3 is 29.9 Å². The zero-order valence-corrected chi connectivity index (χ0v) is 18.8. The fourth-order valence-corrected chi connectivity index (χ4v) is 3.82. The molecular formula is C22H27NO10. The number of aliphatic imine (C=N–C) groups is 1. The minimum absolute atomic E-state index is 0.380. The molecule has 11 heteroatoms. The van der Waals surface area contributed by atoms with Crippen molar-refractivity contribution in [2.24, 2.45) is 4.99 Å². The number of methoxy groups -OCH3 is 1. The third-order valence-corrected chi connectivity index (χ3v) is 5.84. The van der Waals surface area contributed by atoms with Crippen LogP contribution < -0.4 is 4.74 Å². The topological polar surface area (TPSA) is 180 Å².